The lowest BCUT2D eigenvalue weighted by molar-refractivity contribution is 0.730. The van der Waals surface area contributed by atoms with Gasteiger partial charge in [0, 0.05) is 24.8 Å². The average molecular weight is 302 g/mol. The molecule has 0 aliphatic rings. The van der Waals surface area contributed by atoms with Crippen molar-refractivity contribution in [3.8, 4) is 0 Å². The van der Waals surface area contributed by atoms with E-state index in [-0.39, 0.29) is 0 Å². The van der Waals surface area contributed by atoms with Crippen molar-refractivity contribution >= 4 is 32.4 Å². The first-order valence-corrected chi connectivity index (χ1v) is 6.41. The summed E-state index contributed by atoms with van der Waals surface area (Å²) in [6.07, 6.45) is 0. The first-order valence-electron chi connectivity index (χ1n) is 4.80. The minimum Gasteiger partial charge on any atom is -0.356 e. The van der Waals surface area contributed by atoms with Crippen LogP contribution in [0, 0.1) is 13.8 Å². The van der Waals surface area contributed by atoms with Gasteiger partial charge in [0.1, 0.15) is 0 Å². The number of hydrogen-bond donors (Lipinski definition) is 1. The van der Waals surface area contributed by atoms with Crippen LogP contribution >= 0.6 is 27.3 Å². The molecule has 0 saturated heterocycles. The molecule has 2 heterocycles. The lowest BCUT2D eigenvalue weighted by Crippen LogP contribution is -2.02. The van der Waals surface area contributed by atoms with Crippen molar-refractivity contribution in [3.05, 3.63) is 20.9 Å². The van der Waals surface area contributed by atoms with Crippen LogP contribution in [0.2, 0.25) is 0 Å². The summed E-state index contributed by atoms with van der Waals surface area (Å²) in [5.74, 6) is 0. The minimum absolute atomic E-state index is 0.729. The predicted octanol–water partition coefficient (Wildman–Crippen LogP) is 2.26. The molecule has 0 aromatic carbocycles. The molecule has 0 spiro atoms. The van der Waals surface area contributed by atoms with Crippen LogP contribution in [0.4, 0.5) is 5.13 Å². The molecule has 0 aliphatic heterocycles. The van der Waals surface area contributed by atoms with Gasteiger partial charge in [0.25, 0.3) is 0 Å². The van der Waals surface area contributed by atoms with E-state index >= 15 is 0 Å². The van der Waals surface area contributed by atoms with Crippen molar-refractivity contribution in [1.29, 1.82) is 0 Å². The molecule has 2 rings (SSSR count). The molecule has 0 amide bonds. The van der Waals surface area contributed by atoms with E-state index in [0.29, 0.717) is 0 Å². The maximum absolute atomic E-state index is 4.36. The van der Waals surface area contributed by atoms with Gasteiger partial charge in [-0.25, -0.2) is 0 Å². The Kier molecular flexibility index (Phi) is 3.25. The van der Waals surface area contributed by atoms with Crippen molar-refractivity contribution in [3.63, 3.8) is 0 Å². The summed E-state index contributed by atoms with van der Waals surface area (Å²) in [6.45, 7) is 4.81. The SMILES string of the molecule is Cc1nn(C)c(C)c1CNc1nnc(Br)s1. The summed E-state index contributed by atoms with van der Waals surface area (Å²) >= 11 is 4.76. The molecule has 2 aromatic rings. The van der Waals surface area contributed by atoms with Crippen LogP contribution in [0.1, 0.15) is 17.0 Å². The molecule has 0 bridgehead atoms. The summed E-state index contributed by atoms with van der Waals surface area (Å²) in [7, 11) is 1.95. The molecule has 16 heavy (non-hydrogen) atoms. The first-order chi connectivity index (χ1) is 7.58. The van der Waals surface area contributed by atoms with Crippen LogP contribution in [-0.4, -0.2) is 20.0 Å². The summed E-state index contributed by atoms with van der Waals surface area (Å²) in [4.78, 5) is 0. The highest BCUT2D eigenvalue weighted by Crippen LogP contribution is 2.21. The van der Waals surface area contributed by atoms with E-state index in [1.165, 1.54) is 22.6 Å². The highest BCUT2D eigenvalue weighted by molar-refractivity contribution is 9.11. The number of rotatable bonds is 3. The maximum atomic E-state index is 4.36. The van der Waals surface area contributed by atoms with Gasteiger partial charge in [0.15, 0.2) is 3.92 Å². The van der Waals surface area contributed by atoms with Crippen molar-refractivity contribution < 1.29 is 0 Å². The number of hydrogen-bond acceptors (Lipinski definition) is 5. The Balaban J connectivity index is 2.10. The molecule has 0 aliphatic carbocycles. The summed E-state index contributed by atoms with van der Waals surface area (Å²) in [5.41, 5.74) is 3.44. The van der Waals surface area contributed by atoms with Crippen LogP contribution in [0.25, 0.3) is 0 Å². The number of halogens is 1. The molecule has 0 atom stereocenters. The second kappa shape index (κ2) is 4.50. The predicted molar refractivity (Wildman–Crippen MR) is 67.6 cm³/mol. The van der Waals surface area contributed by atoms with Crippen molar-refractivity contribution in [2.75, 3.05) is 5.32 Å². The number of anilines is 1. The Hall–Kier alpha value is -0.950. The zero-order valence-electron chi connectivity index (χ0n) is 9.28. The number of nitrogens with zero attached hydrogens (tertiary/aromatic N) is 4. The van der Waals surface area contributed by atoms with Crippen molar-refractivity contribution in [1.82, 2.24) is 20.0 Å². The van der Waals surface area contributed by atoms with Crippen LogP contribution < -0.4 is 5.32 Å². The van der Waals surface area contributed by atoms with Gasteiger partial charge in [-0.1, -0.05) is 11.3 Å². The normalized spacial score (nSPS) is 10.8. The van der Waals surface area contributed by atoms with Gasteiger partial charge in [0.05, 0.1) is 5.69 Å². The van der Waals surface area contributed by atoms with Crippen LogP contribution in [0.5, 0.6) is 0 Å². The largest absolute Gasteiger partial charge is 0.356 e. The van der Waals surface area contributed by atoms with E-state index in [0.717, 1.165) is 21.3 Å². The van der Waals surface area contributed by atoms with Gasteiger partial charge in [-0.3, -0.25) is 4.68 Å². The monoisotopic (exact) mass is 301 g/mol. The minimum atomic E-state index is 0.729. The topological polar surface area (TPSA) is 55.6 Å². The summed E-state index contributed by atoms with van der Waals surface area (Å²) in [5, 5.41) is 16.3. The van der Waals surface area contributed by atoms with E-state index in [4.69, 9.17) is 0 Å². The standard InChI is InChI=1S/C9H12BrN5S/c1-5-7(6(2)15(3)14-5)4-11-9-13-12-8(10)16-9/h4H2,1-3H3,(H,11,13). The van der Waals surface area contributed by atoms with Gasteiger partial charge < -0.3 is 5.32 Å². The molecule has 0 radical (unpaired) electrons. The Labute approximate surface area is 106 Å². The molecule has 1 N–H and O–H groups in total. The first kappa shape index (κ1) is 11.5. The van der Waals surface area contributed by atoms with Crippen molar-refractivity contribution in [2.45, 2.75) is 20.4 Å². The van der Waals surface area contributed by atoms with Gasteiger partial charge in [-0.15, -0.1) is 10.2 Å². The van der Waals surface area contributed by atoms with E-state index < -0.39 is 0 Å². The quantitative estimate of drug-likeness (QED) is 0.945. The molecular weight excluding hydrogens is 290 g/mol. The number of aromatic nitrogens is 4. The van der Waals surface area contributed by atoms with E-state index in [1.807, 2.05) is 18.7 Å². The fraction of sp³-hybridized carbons (Fsp3) is 0.444. The second-order valence-electron chi connectivity index (χ2n) is 3.49. The highest BCUT2D eigenvalue weighted by Gasteiger charge is 2.09. The summed E-state index contributed by atoms with van der Waals surface area (Å²) in [6, 6.07) is 0. The Morgan fingerprint density at radius 3 is 2.62 bits per heavy atom. The summed E-state index contributed by atoms with van der Waals surface area (Å²) < 4.78 is 2.68. The van der Waals surface area contributed by atoms with Gasteiger partial charge in [-0.2, -0.15) is 5.10 Å². The Morgan fingerprint density at radius 1 is 1.38 bits per heavy atom. The molecule has 7 heteroatoms. The molecular formula is C9H12BrN5S. The van der Waals surface area contributed by atoms with E-state index in [2.05, 4.69) is 43.5 Å². The fourth-order valence-corrected chi connectivity index (χ4v) is 2.52. The zero-order chi connectivity index (χ0) is 11.7. The van der Waals surface area contributed by atoms with Crippen LogP contribution in [0.15, 0.2) is 3.92 Å². The third-order valence-corrected chi connectivity index (χ3v) is 3.79. The van der Waals surface area contributed by atoms with Crippen LogP contribution in [-0.2, 0) is 13.6 Å². The zero-order valence-corrected chi connectivity index (χ0v) is 11.7. The molecule has 0 unspecified atom stereocenters. The lowest BCUT2D eigenvalue weighted by Gasteiger charge is -2.02. The third-order valence-electron chi connectivity index (χ3n) is 2.48. The van der Waals surface area contributed by atoms with Gasteiger partial charge >= 0.3 is 0 Å². The van der Waals surface area contributed by atoms with Gasteiger partial charge in [-0.05, 0) is 29.8 Å². The molecule has 2 aromatic heterocycles. The fourth-order valence-electron chi connectivity index (χ4n) is 1.51. The molecule has 0 saturated carbocycles. The second-order valence-corrected chi connectivity index (χ2v) is 5.74. The number of aryl methyl sites for hydroxylation is 2. The Bertz CT molecular complexity index is 504. The lowest BCUT2D eigenvalue weighted by atomic mass is 10.2. The molecule has 86 valence electrons. The molecule has 5 nitrogen and oxygen atoms in total. The van der Waals surface area contributed by atoms with E-state index in [9.17, 15) is 0 Å². The maximum Gasteiger partial charge on any atom is 0.206 e. The van der Waals surface area contributed by atoms with Gasteiger partial charge in [0.2, 0.25) is 5.13 Å². The van der Waals surface area contributed by atoms with Crippen LogP contribution in [0.3, 0.4) is 0 Å². The third kappa shape index (κ3) is 2.25. The van der Waals surface area contributed by atoms with Crippen molar-refractivity contribution in [2.24, 2.45) is 7.05 Å². The number of nitrogens with one attached hydrogen (secondary N) is 1. The Morgan fingerprint density at radius 2 is 2.12 bits per heavy atom. The molecule has 0 fully saturated rings. The smallest absolute Gasteiger partial charge is 0.206 e. The highest BCUT2D eigenvalue weighted by atomic mass is 79.9. The van der Waals surface area contributed by atoms with E-state index in [1.54, 1.807) is 0 Å². The average Bonchev–Trinajstić information content (AvgIpc) is 2.72.